The van der Waals surface area contributed by atoms with Crippen LogP contribution in [-0.4, -0.2) is 4.98 Å². The Kier molecular flexibility index (Phi) is 4.12. The Hall–Kier alpha value is -2.86. The van der Waals surface area contributed by atoms with Crippen LogP contribution in [0.25, 0.3) is 10.9 Å². The molecule has 2 aromatic carbocycles. The first-order chi connectivity index (χ1) is 12.6. The molecule has 0 aliphatic heterocycles. The number of nitrogens with zero attached hydrogens (tertiary/aromatic N) is 1. The molecule has 3 nitrogen and oxygen atoms in total. The van der Waals surface area contributed by atoms with E-state index in [0.29, 0.717) is 6.42 Å². The van der Waals surface area contributed by atoms with Crippen molar-refractivity contribution in [1.29, 1.82) is 5.26 Å². The number of nitrogens with one attached hydrogen (secondary N) is 1. The molecule has 3 aromatic rings. The number of rotatable bonds is 3. The maximum Gasteiger partial charge on any atom is 0.251 e. The molecule has 1 aromatic heterocycles. The van der Waals surface area contributed by atoms with Gasteiger partial charge in [-0.05, 0) is 61.8 Å². The molecule has 0 saturated carbocycles. The summed E-state index contributed by atoms with van der Waals surface area (Å²) in [5, 5.41) is 11.0. The summed E-state index contributed by atoms with van der Waals surface area (Å²) in [5.41, 5.74) is 4.47. The lowest BCUT2D eigenvalue weighted by molar-refractivity contribution is 0.607. The van der Waals surface area contributed by atoms with Crippen LogP contribution >= 0.6 is 0 Å². The van der Waals surface area contributed by atoms with Crippen molar-refractivity contribution in [1.82, 2.24) is 4.98 Å². The quantitative estimate of drug-likeness (QED) is 0.765. The minimum absolute atomic E-state index is 0.0334. The number of benzene rings is 2. The van der Waals surface area contributed by atoms with E-state index in [2.05, 4.69) is 35.3 Å². The molecule has 1 heterocycles. The van der Waals surface area contributed by atoms with Crippen LogP contribution in [0, 0.1) is 11.3 Å². The molecule has 0 spiro atoms. The van der Waals surface area contributed by atoms with Gasteiger partial charge in [-0.3, -0.25) is 4.79 Å². The lowest BCUT2D eigenvalue weighted by Gasteiger charge is -2.24. The zero-order chi connectivity index (χ0) is 18.1. The van der Waals surface area contributed by atoms with Crippen molar-refractivity contribution in [2.45, 2.75) is 44.4 Å². The first-order valence-corrected chi connectivity index (χ1v) is 9.24. The van der Waals surface area contributed by atoms with Crippen molar-refractivity contribution in [3.63, 3.8) is 0 Å². The first-order valence-electron chi connectivity index (χ1n) is 9.24. The summed E-state index contributed by atoms with van der Waals surface area (Å²) in [7, 11) is 0. The predicted octanol–water partition coefficient (Wildman–Crippen LogP) is 4.43. The van der Waals surface area contributed by atoms with Gasteiger partial charge in [-0.25, -0.2) is 0 Å². The third kappa shape index (κ3) is 2.82. The molecule has 1 unspecified atom stereocenters. The van der Waals surface area contributed by atoms with Crippen LogP contribution in [-0.2, 0) is 24.7 Å². The van der Waals surface area contributed by atoms with E-state index in [0.717, 1.165) is 53.3 Å². The molecule has 1 atom stereocenters. The smallest absolute Gasteiger partial charge is 0.251 e. The van der Waals surface area contributed by atoms with Crippen molar-refractivity contribution >= 4 is 10.9 Å². The second kappa shape index (κ2) is 6.46. The lowest BCUT2D eigenvalue weighted by Crippen LogP contribution is -2.24. The number of hydrogen-bond acceptors (Lipinski definition) is 2. The molecular formula is C23H22N2O. The summed E-state index contributed by atoms with van der Waals surface area (Å²) in [6.07, 6.45) is 4.70. The average molecular weight is 342 g/mol. The molecule has 0 fully saturated rings. The molecule has 0 saturated heterocycles. The molecule has 0 bridgehead atoms. The van der Waals surface area contributed by atoms with Gasteiger partial charge < -0.3 is 4.98 Å². The largest absolute Gasteiger partial charge is 0.322 e. The zero-order valence-corrected chi connectivity index (χ0v) is 15.0. The molecule has 1 N–H and O–H groups in total. The number of pyridine rings is 1. The predicted molar refractivity (Wildman–Crippen MR) is 104 cm³/mol. The maximum absolute atomic E-state index is 12.5. The van der Waals surface area contributed by atoms with Crippen LogP contribution < -0.4 is 5.56 Å². The van der Waals surface area contributed by atoms with E-state index in [1.807, 2.05) is 31.2 Å². The highest BCUT2D eigenvalue weighted by Gasteiger charge is 2.28. The fourth-order valence-corrected chi connectivity index (χ4v) is 4.12. The summed E-state index contributed by atoms with van der Waals surface area (Å²) in [6, 6.07) is 18.7. The van der Waals surface area contributed by atoms with E-state index in [9.17, 15) is 10.1 Å². The van der Waals surface area contributed by atoms with E-state index < -0.39 is 5.41 Å². The average Bonchev–Trinajstić information content (AvgIpc) is 2.68. The van der Waals surface area contributed by atoms with E-state index >= 15 is 0 Å². The van der Waals surface area contributed by atoms with Gasteiger partial charge in [0.1, 0.15) is 0 Å². The second-order valence-electron chi connectivity index (χ2n) is 7.48. The summed E-state index contributed by atoms with van der Waals surface area (Å²) in [4.78, 5) is 15.5. The molecule has 0 radical (unpaired) electrons. The van der Waals surface area contributed by atoms with Crippen LogP contribution in [0.15, 0.2) is 53.3 Å². The van der Waals surface area contributed by atoms with Crippen molar-refractivity contribution in [2.24, 2.45) is 0 Å². The number of H-pyrrole nitrogens is 1. The Balaban J connectivity index is 1.81. The molecule has 4 rings (SSSR count). The van der Waals surface area contributed by atoms with Gasteiger partial charge >= 0.3 is 0 Å². The normalized spacial score (nSPS) is 15.8. The Morgan fingerprint density at radius 2 is 1.81 bits per heavy atom. The Labute approximate surface area is 153 Å². The summed E-state index contributed by atoms with van der Waals surface area (Å²) in [6.45, 7) is 1.97. The SMILES string of the molecule is CC(C#N)(Cc1ccccc1)c1ccc2c3c(c(=O)[nH]c2c1)CCCC3. The van der Waals surface area contributed by atoms with Gasteiger partial charge in [0.2, 0.25) is 0 Å². The van der Waals surface area contributed by atoms with Gasteiger partial charge in [0.25, 0.3) is 5.56 Å². The molecule has 3 heteroatoms. The van der Waals surface area contributed by atoms with E-state index in [-0.39, 0.29) is 5.56 Å². The molecule has 0 amide bonds. The van der Waals surface area contributed by atoms with Gasteiger partial charge in [0.05, 0.1) is 11.5 Å². The summed E-state index contributed by atoms with van der Waals surface area (Å²) in [5.74, 6) is 0. The van der Waals surface area contributed by atoms with Crippen molar-refractivity contribution in [3.05, 3.63) is 81.1 Å². The van der Waals surface area contributed by atoms with Crippen LogP contribution in [0.3, 0.4) is 0 Å². The van der Waals surface area contributed by atoms with Gasteiger partial charge in [0, 0.05) is 16.5 Å². The second-order valence-corrected chi connectivity index (χ2v) is 7.48. The molecule has 1 aliphatic carbocycles. The zero-order valence-electron chi connectivity index (χ0n) is 15.0. The maximum atomic E-state index is 12.5. The number of aromatic amines is 1. The van der Waals surface area contributed by atoms with Crippen molar-refractivity contribution in [2.75, 3.05) is 0 Å². The lowest BCUT2D eigenvalue weighted by atomic mass is 9.78. The van der Waals surface area contributed by atoms with Crippen molar-refractivity contribution in [3.8, 4) is 6.07 Å². The number of aryl methyl sites for hydroxylation is 1. The van der Waals surface area contributed by atoms with Gasteiger partial charge in [0.15, 0.2) is 0 Å². The number of fused-ring (bicyclic) bond motifs is 3. The Bertz CT molecular complexity index is 1060. The summed E-state index contributed by atoms with van der Waals surface area (Å²) < 4.78 is 0. The van der Waals surface area contributed by atoms with Crippen molar-refractivity contribution < 1.29 is 0 Å². The van der Waals surface area contributed by atoms with Crippen LogP contribution in [0.1, 0.15) is 42.0 Å². The van der Waals surface area contributed by atoms with E-state index in [1.54, 1.807) is 0 Å². The number of nitriles is 1. The van der Waals surface area contributed by atoms with Gasteiger partial charge in [-0.2, -0.15) is 5.26 Å². The van der Waals surface area contributed by atoms with E-state index in [1.165, 1.54) is 5.56 Å². The molecule has 26 heavy (non-hydrogen) atoms. The minimum Gasteiger partial charge on any atom is -0.322 e. The van der Waals surface area contributed by atoms with Crippen LogP contribution in [0.2, 0.25) is 0 Å². The van der Waals surface area contributed by atoms with Crippen LogP contribution in [0.5, 0.6) is 0 Å². The fraction of sp³-hybridized carbons (Fsp3) is 0.304. The highest BCUT2D eigenvalue weighted by atomic mass is 16.1. The standard InChI is InChI=1S/C23H22N2O/c1-23(15-24,14-16-7-3-2-4-8-16)17-11-12-19-18-9-5-6-10-20(18)22(26)25-21(19)13-17/h2-4,7-8,11-13H,5-6,9-10,14H2,1H3,(H,25,26). The number of hydrogen-bond donors (Lipinski definition) is 1. The minimum atomic E-state index is -0.637. The topological polar surface area (TPSA) is 56.6 Å². The van der Waals surface area contributed by atoms with Gasteiger partial charge in [-0.1, -0.05) is 42.5 Å². The first kappa shape index (κ1) is 16.6. The fourth-order valence-electron chi connectivity index (χ4n) is 4.12. The van der Waals surface area contributed by atoms with E-state index in [4.69, 9.17) is 0 Å². The third-order valence-corrected chi connectivity index (χ3v) is 5.62. The Morgan fingerprint density at radius 3 is 2.54 bits per heavy atom. The molecular weight excluding hydrogens is 320 g/mol. The highest BCUT2D eigenvalue weighted by Crippen LogP contribution is 2.32. The highest BCUT2D eigenvalue weighted by molar-refractivity contribution is 5.84. The Morgan fingerprint density at radius 1 is 1.08 bits per heavy atom. The monoisotopic (exact) mass is 342 g/mol. The third-order valence-electron chi connectivity index (χ3n) is 5.62. The number of aromatic nitrogens is 1. The van der Waals surface area contributed by atoms with Gasteiger partial charge in [-0.15, -0.1) is 0 Å². The molecule has 130 valence electrons. The summed E-state index contributed by atoms with van der Waals surface area (Å²) >= 11 is 0. The van der Waals surface area contributed by atoms with Crippen LogP contribution in [0.4, 0.5) is 0 Å². The molecule has 1 aliphatic rings.